The Labute approximate surface area is 77.9 Å². The van der Waals surface area contributed by atoms with E-state index in [1.165, 1.54) is 7.11 Å². The number of aliphatic carboxylic acids is 1. The zero-order chi connectivity index (χ0) is 10.3. The van der Waals surface area contributed by atoms with Crippen LogP contribution in [0.5, 0.6) is 0 Å². The summed E-state index contributed by atoms with van der Waals surface area (Å²) < 4.78 is 4.51. The first-order valence-electron chi connectivity index (χ1n) is 4.41. The second-order valence-corrected chi connectivity index (χ2v) is 2.96. The Kier molecular flexibility index (Phi) is 5.93. The molecule has 1 N–H and O–H groups in total. The van der Waals surface area contributed by atoms with Gasteiger partial charge in [-0.3, -0.25) is 9.59 Å². The molecule has 0 aliphatic rings. The largest absolute Gasteiger partial charge is 0.481 e. The molecule has 0 saturated heterocycles. The minimum Gasteiger partial charge on any atom is -0.481 e. The number of rotatable bonds is 6. The Balaban J connectivity index is 4.02. The number of carboxylic acids is 1. The summed E-state index contributed by atoms with van der Waals surface area (Å²) in [5, 5.41) is 8.52. The molecule has 0 aliphatic heterocycles. The Morgan fingerprint density at radius 2 is 2.08 bits per heavy atom. The van der Waals surface area contributed by atoms with Crippen molar-refractivity contribution in [3.63, 3.8) is 0 Å². The average molecular weight is 188 g/mol. The van der Waals surface area contributed by atoms with Crippen molar-refractivity contribution >= 4 is 11.9 Å². The molecule has 0 rings (SSSR count). The van der Waals surface area contributed by atoms with E-state index in [0.29, 0.717) is 6.42 Å². The smallest absolute Gasteiger partial charge is 0.309 e. The first kappa shape index (κ1) is 11.9. The van der Waals surface area contributed by atoms with E-state index in [9.17, 15) is 9.59 Å². The lowest BCUT2D eigenvalue weighted by Crippen LogP contribution is -2.19. The van der Waals surface area contributed by atoms with Gasteiger partial charge in [-0.05, 0) is 6.42 Å². The third kappa shape index (κ3) is 5.22. The molecule has 0 bridgehead atoms. The highest BCUT2D eigenvalue weighted by molar-refractivity contribution is 5.78. The highest BCUT2D eigenvalue weighted by atomic mass is 16.5. The van der Waals surface area contributed by atoms with Crippen LogP contribution >= 0.6 is 0 Å². The molecule has 0 aromatic heterocycles. The van der Waals surface area contributed by atoms with Crippen LogP contribution in [0.15, 0.2) is 0 Å². The van der Waals surface area contributed by atoms with Gasteiger partial charge in [0.2, 0.25) is 0 Å². The van der Waals surface area contributed by atoms with E-state index in [1.54, 1.807) is 0 Å². The van der Waals surface area contributed by atoms with Crippen LogP contribution in [0.25, 0.3) is 0 Å². The predicted molar refractivity (Wildman–Crippen MR) is 47.3 cm³/mol. The molecule has 0 heterocycles. The van der Waals surface area contributed by atoms with Gasteiger partial charge in [-0.2, -0.15) is 0 Å². The number of hydrogen-bond acceptors (Lipinski definition) is 3. The van der Waals surface area contributed by atoms with Crippen molar-refractivity contribution in [2.75, 3.05) is 7.11 Å². The highest BCUT2D eigenvalue weighted by Gasteiger charge is 2.21. The van der Waals surface area contributed by atoms with E-state index >= 15 is 0 Å². The third-order valence-corrected chi connectivity index (χ3v) is 1.86. The molecule has 0 spiro atoms. The van der Waals surface area contributed by atoms with Crippen LogP contribution in [0.4, 0.5) is 0 Å². The van der Waals surface area contributed by atoms with E-state index in [0.717, 1.165) is 12.8 Å². The number of esters is 1. The van der Waals surface area contributed by atoms with Crippen LogP contribution in [0.2, 0.25) is 0 Å². The molecular weight excluding hydrogens is 172 g/mol. The summed E-state index contributed by atoms with van der Waals surface area (Å²) in [6, 6.07) is 0. The van der Waals surface area contributed by atoms with Gasteiger partial charge in [0.25, 0.3) is 0 Å². The van der Waals surface area contributed by atoms with Gasteiger partial charge >= 0.3 is 11.9 Å². The van der Waals surface area contributed by atoms with Crippen molar-refractivity contribution in [1.29, 1.82) is 0 Å². The van der Waals surface area contributed by atoms with Gasteiger partial charge in [-0.15, -0.1) is 0 Å². The summed E-state index contributed by atoms with van der Waals surface area (Å²) >= 11 is 0. The summed E-state index contributed by atoms with van der Waals surface area (Å²) in [4.78, 5) is 21.5. The molecule has 13 heavy (non-hydrogen) atoms. The monoisotopic (exact) mass is 188 g/mol. The van der Waals surface area contributed by atoms with Crippen LogP contribution < -0.4 is 0 Å². The van der Waals surface area contributed by atoms with Crippen molar-refractivity contribution in [2.24, 2.45) is 5.92 Å². The summed E-state index contributed by atoms with van der Waals surface area (Å²) in [6.45, 7) is 2.00. The van der Waals surface area contributed by atoms with Crippen LogP contribution in [-0.4, -0.2) is 24.2 Å². The maximum atomic E-state index is 11.1. The Morgan fingerprint density at radius 1 is 1.46 bits per heavy atom. The summed E-state index contributed by atoms with van der Waals surface area (Å²) in [5.41, 5.74) is 0. The zero-order valence-electron chi connectivity index (χ0n) is 8.08. The normalized spacial score (nSPS) is 12.2. The molecule has 0 aliphatic carbocycles. The van der Waals surface area contributed by atoms with Crippen molar-refractivity contribution < 1.29 is 19.4 Å². The molecule has 4 heteroatoms. The van der Waals surface area contributed by atoms with Crippen LogP contribution in [0.1, 0.15) is 32.6 Å². The van der Waals surface area contributed by atoms with Crippen LogP contribution in [0, 0.1) is 5.92 Å². The summed E-state index contributed by atoms with van der Waals surface area (Å²) in [7, 11) is 1.28. The lowest BCUT2D eigenvalue weighted by Gasteiger charge is -2.10. The molecular formula is C9H16O4. The molecule has 0 aromatic rings. The summed E-state index contributed by atoms with van der Waals surface area (Å²) in [6.07, 6.45) is 2.27. The topological polar surface area (TPSA) is 63.6 Å². The Hall–Kier alpha value is -1.06. The van der Waals surface area contributed by atoms with Crippen LogP contribution in [-0.2, 0) is 14.3 Å². The molecule has 0 aromatic carbocycles. The number of carbonyl (C=O) groups excluding carboxylic acids is 1. The fourth-order valence-electron chi connectivity index (χ4n) is 1.13. The SMILES string of the molecule is CCCC[C@@H](CC(=O)O)C(=O)OC. The first-order valence-corrected chi connectivity index (χ1v) is 4.41. The number of carboxylic acid groups (broad SMARTS) is 1. The van der Waals surface area contributed by atoms with Gasteiger partial charge in [-0.1, -0.05) is 19.8 Å². The van der Waals surface area contributed by atoms with E-state index < -0.39 is 17.9 Å². The van der Waals surface area contributed by atoms with E-state index in [-0.39, 0.29) is 6.42 Å². The maximum Gasteiger partial charge on any atom is 0.309 e. The number of carbonyl (C=O) groups is 2. The fraction of sp³-hybridized carbons (Fsp3) is 0.778. The van der Waals surface area contributed by atoms with Gasteiger partial charge in [0.15, 0.2) is 0 Å². The van der Waals surface area contributed by atoms with Gasteiger partial charge in [-0.25, -0.2) is 0 Å². The van der Waals surface area contributed by atoms with Crippen molar-refractivity contribution in [1.82, 2.24) is 0 Å². The van der Waals surface area contributed by atoms with E-state index in [2.05, 4.69) is 4.74 Å². The fourth-order valence-corrected chi connectivity index (χ4v) is 1.13. The van der Waals surface area contributed by atoms with E-state index in [4.69, 9.17) is 5.11 Å². The average Bonchev–Trinajstić information content (AvgIpc) is 2.10. The highest BCUT2D eigenvalue weighted by Crippen LogP contribution is 2.14. The Bertz CT molecular complexity index is 176. The molecule has 4 nitrogen and oxygen atoms in total. The summed E-state index contributed by atoms with van der Waals surface area (Å²) in [5.74, 6) is -1.86. The number of ether oxygens (including phenoxy) is 1. The molecule has 0 saturated carbocycles. The maximum absolute atomic E-state index is 11.1. The predicted octanol–water partition coefficient (Wildman–Crippen LogP) is 1.44. The van der Waals surface area contributed by atoms with Crippen LogP contribution in [0.3, 0.4) is 0 Å². The third-order valence-electron chi connectivity index (χ3n) is 1.86. The first-order chi connectivity index (χ1) is 6.11. The zero-order valence-corrected chi connectivity index (χ0v) is 8.08. The molecule has 0 fully saturated rings. The number of methoxy groups -OCH3 is 1. The van der Waals surface area contributed by atoms with Gasteiger partial charge in [0, 0.05) is 0 Å². The lowest BCUT2D eigenvalue weighted by atomic mass is 9.99. The molecule has 76 valence electrons. The lowest BCUT2D eigenvalue weighted by molar-refractivity contribution is -0.151. The minimum atomic E-state index is -0.952. The minimum absolute atomic E-state index is 0.132. The standard InChI is InChI=1S/C9H16O4/c1-3-4-5-7(6-8(10)11)9(12)13-2/h7H,3-6H2,1-2H3,(H,10,11)/t7-/m0/s1. The molecule has 0 amide bonds. The van der Waals surface area contributed by atoms with Gasteiger partial charge in [0.1, 0.15) is 0 Å². The van der Waals surface area contributed by atoms with E-state index in [1.807, 2.05) is 6.92 Å². The molecule has 0 radical (unpaired) electrons. The number of unbranched alkanes of at least 4 members (excludes halogenated alkanes) is 1. The van der Waals surface area contributed by atoms with Gasteiger partial charge < -0.3 is 9.84 Å². The molecule has 0 unspecified atom stereocenters. The van der Waals surface area contributed by atoms with Gasteiger partial charge in [0.05, 0.1) is 19.4 Å². The van der Waals surface area contributed by atoms with Crippen molar-refractivity contribution in [2.45, 2.75) is 32.6 Å². The van der Waals surface area contributed by atoms with Crippen molar-refractivity contribution in [3.05, 3.63) is 0 Å². The second kappa shape index (κ2) is 6.46. The Morgan fingerprint density at radius 3 is 2.46 bits per heavy atom. The quantitative estimate of drug-likeness (QED) is 0.640. The second-order valence-electron chi connectivity index (χ2n) is 2.96. The molecule has 1 atom stereocenters. The van der Waals surface area contributed by atoms with Crippen molar-refractivity contribution in [3.8, 4) is 0 Å². The number of hydrogen-bond donors (Lipinski definition) is 1.